The summed E-state index contributed by atoms with van der Waals surface area (Å²) in [5.41, 5.74) is 1.07. The lowest BCUT2D eigenvalue weighted by atomic mass is 10.0. The van der Waals surface area contributed by atoms with Gasteiger partial charge in [0.15, 0.2) is 0 Å². The normalized spacial score (nSPS) is 19.4. The van der Waals surface area contributed by atoms with E-state index in [2.05, 4.69) is 10.3 Å². The molecule has 0 aromatic heterocycles. The van der Waals surface area contributed by atoms with Gasteiger partial charge in [0.25, 0.3) is 0 Å². The van der Waals surface area contributed by atoms with Gasteiger partial charge in [0.1, 0.15) is 6.04 Å². The highest BCUT2D eigenvalue weighted by atomic mass is 32.2. The fraction of sp³-hybridized carbons (Fsp3) is 0.500. The van der Waals surface area contributed by atoms with Gasteiger partial charge in [0, 0.05) is 10.6 Å². The molecule has 17 heavy (non-hydrogen) atoms. The fourth-order valence-corrected chi connectivity index (χ4v) is 2.75. The molecule has 0 radical (unpaired) electrons. The molecule has 2 rings (SSSR count). The Morgan fingerprint density at radius 2 is 2.29 bits per heavy atom. The van der Waals surface area contributed by atoms with Gasteiger partial charge in [0.05, 0.1) is 10.8 Å². The molecule has 1 aliphatic rings. The minimum Gasteiger partial charge on any atom is -0.305 e. The van der Waals surface area contributed by atoms with Crippen LogP contribution in [0.5, 0.6) is 0 Å². The highest BCUT2D eigenvalue weighted by molar-refractivity contribution is 7.85. The number of rotatable bonds is 5. The first kappa shape index (κ1) is 12.2. The molecule has 2 unspecified atom stereocenters. The Morgan fingerprint density at radius 1 is 1.53 bits per heavy atom. The summed E-state index contributed by atoms with van der Waals surface area (Å²) in [6.07, 6.45) is 2.34. The zero-order valence-electron chi connectivity index (χ0n) is 9.87. The molecule has 2 N–H and O–H groups in total. The van der Waals surface area contributed by atoms with E-state index in [1.807, 2.05) is 31.2 Å². The maximum atomic E-state index is 11.8. The SMILES string of the molecule is CCS(=O)c1cccc(C(N=NN)C2CC2)c1. The summed E-state index contributed by atoms with van der Waals surface area (Å²) in [6, 6.07) is 7.84. The largest absolute Gasteiger partial charge is 0.305 e. The Kier molecular flexibility index (Phi) is 3.89. The molecule has 0 spiro atoms. The molecule has 92 valence electrons. The van der Waals surface area contributed by atoms with Crippen molar-refractivity contribution >= 4 is 10.8 Å². The maximum Gasteiger partial charge on any atom is 0.101 e. The van der Waals surface area contributed by atoms with Gasteiger partial charge in [-0.1, -0.05) is 24.3 Å². The van der Waals surface area contributed by atoms with Crippen LogP contribution in [0.25, 0.3) is 0 Å². The summed E-state index contributed by atoms with van der Waals surface area (Å²) in [6.45, 7) is 1.92. The first-order chi connectivity index (χ1) is 8.26. The average molecular weight is 251 g/mol. The average Bonchev–Trinajstić information content (AvgIpc) is 3.19. The van der Waals surface area contributed by atoms with E-state index in [-0.39, 0.29) is 6.04 Å². The van der Waals surface area contributed by atoms with E-state index in [4.69, 9.17) is 5.84 Å². The Morgan fingerprint density at radius 3 is 2.88 bits per heavy atom. The van der Waals surface area contributed by atoms with Crippen LogP contribution in [0.2, 0.25) is 0 Å². The van der Waals surface area contributed by atoms with Crippen LogP contribution in [0.4, 0.5) is 0 Å². The summed E-state index contributed by atoms with van der Waals surface area (Å²) < 4.78 is 11.8. The van der Waals surface area contributed by atoms with E-state index in [1.165, 1.54) is 12.8 Å². The third-order valence-electron chi connectivity index (χ3n) is 2.98. The van der Waals surface area contributed by atoms with Crippen molar-refractivity contribution in [3.8, 4) is 0 Å². The minimum absolute atomic E-state index is 0.0359. The molecule has 1 saturated carbocycles. The summed E-state index contributed by atoms with van der Waals surface area (Å²) in [4.78, 5) is 0.864. The molecule has 1 aromatic carbocycles. The molecule has 0 heterocycles. The second-order valence-corrected chi connectivity index (χ2v) is 5.96. The Bertz CT molecular complexity index is 443. The van der Waals surface area contributed by atoms with E-state index < -0.39 is 10.8 Å². The van der Waals surface area contributed by atoms with Gasteiger partial charge < -0.3 is 5.84 Å². The molecule has 0 saturated heterocycles. The predicted molar refractivity (Wildman–Crippen MR) is 67.9 cm³/mol. The minimum atomic E-state index is -0.917. The van der Waals surface area contributed by atoms with Crippen LogP contribution in [0, 0.1) is 5.92 Å². The first-order valence-electron chi connectivity index (χ1n) is 5.84. The lowest BCUT2D eigenvalue weighted by molar-refractivity contribution is 0.593. The standard InChI is InChI=1S/C12H17N3OS/c1-2-17(16)11-5-3-4-10(8-11)12(14-15-13)9-6-7-9/h3-5,8-9,12H,2,6-7H2,1H3,(H2,13,14). The third-order valence-corrected chi connectivity index (χ3v) is 4.29. The van der Waals surface area contributed by atoms with Crippen LogP contribution in [0.1, 0.15) is 31.4 Å². The summed E-state index contributed by atoms with van der Waals surface area (Å²) in [7, 11) is -0.917. The monoisotopic (exact) mass is 251 g/mol. The Balaban J connectivity index is 2.27. The third kappa shape index (κ3) is 2.91. The number of hydrogen-bond acceptors (Lipinski definition) is 3. The van der Waals surface area contributed by atoms with Gasteiger partial charge in [-0.15, -0.1) is 0 Å². The Labute approximate surface area is 104 Å². The van der Waals surface area contributed by atoms with E-state index >= 15 is 0 Å². The summed E-state index contributed by atoms with van der Waals surface area (Å²) in [5.74, 6) is 6.34. The molecule has 4 nitrogen and oxygen atoms in total. The summed E-state index contributed by atoms with van der Waals surface area (Å²) >= 11 is 0. The highest BCUT2D eigenvalue weighted by Crippen LogP contribution is 2.43. The van der Waals surface area contributed by atoms with Crippen molar-refractivity contribution in [2.75, 3.05) is 5.75 Å². The molecule has 0 bridgehead atoms. The lowest BCUT2D eigenvalue weighted by Gasteiger charge is -2.11. The topological polar surface area (TPSA) is 67.8 Å². The molecular weight excluding hydrogens is 234 g/mol. The number of nitrogens with two attached hydrogens (primary N) is 1. The predicted octanol–water partition coefficient (Wildman–Crippen LogP) is 2.59. The first-order valence-corrected chi connectivity index (χ1v) is 7.16. The molecule has 1 aromatic rings. The molecular formula is C12H17N3OS. The van der Waals surface area contributed by atoms with Crippen LogP contribution < -0.4 is 5.84 Å². The van der Waals surface area contributed by atoms with E-state index in [1.54, 1.807) is 0 Å². The zero-order chi connectivity index (χ0) is 12.3. The van der Waals surface area contributed by atoms with Crippen LogP contribution in [-0.4, -0.2) is 9.96 Å². The fourth-order valence-electron chi connectivity index (χ4n) is 1.92. The number of benzene rings is 1. The molecule has 0 aliphatic heterocycles. The number of nitrogens with zero attached hydrogens (tertiary/aromatic N) is 2. The van der Waals surface area contributed by atoms with Gasteiger partial charge >= 0.3 is 0 Å². The van der Waals surface area contributed by atoms with Gasteiger partial charge in [-0.05, 0) is 36.5 Å². The quantitative estimate of drug-likeness (QED) is 0.496. The molecule has 0 amide bonds. The van der Waals surface area contributed by atoms with Crippen LogP contribution >= 0.6 is 0 Å². The van der Waals surface area contributed by atoms with Crippen molar-refractivity contribution < 1.29 is 4.21 Å². The second kappa shape index (κ2) is 5.40. The van der Waals surface area contributed by atoms with Gasteiger partial charge in [-0.2, -0.15) is 5.11 Å². The van der Waals surface area contributed by atoms with Crippen LogP contribution in [0.15, 0.2) is 39.5 Å². The van der Waals surface area contributed by atoms with Crippen LogP contribution in [-0.2, 0) is 10.8 Å². The maximum absolute atomic E-state index is 11.8. The van der Waals surface area contributed by atoms with Gasteiger partial charge in [0.2, 0.25) is 0 Å². The van der Waals surface area contributed by atoms with Crippen molar-refractivity contribution in [3.05, 3.63) is 29.8 Å². The second-order valence-electron chi connectivity index (χ2n) is 4.22. The van der Waals surface area contributed by atoms with Crippen molar-refractivity contribution in [1.82, 2.24) is 0 Å². The molecule has 1 fully saturated rings. The highest BCUT2D eigenvalue weighted by Gasteiger charge is 2.32. The zero-order valence-corrected chi connectivity index (χ0v) is 10.7. The lowest BCUT2D eigenvalue weighted by Crippen LogP contribution is -2.01. The van der Waals surface area contributed by atoms with Crippen LogP contribution in [0.3, 0.4) is 0 Å². The van der Waals surface area contributed by atoms with E-state index in [9.17, 15) is 4.21 Å². The molecule has 1 aliphatic carbocycles. The van der Waals surface area contributed by atoms with Gasteiger partial charge in [-0.25, -0.2) is 0 Å². The van der Waals surface area contributed by atoms with Gasteiger partial charge in [-0.3, -0.25) is 4.21 Å². The van der Waals surface area contributed by atoms with E-state index in [0.717, 1.165) is 10.5 Å². The Hall–Kier alpha value is -1.23. The molecule has 5 heteroatoms. The van der Waals surface area contributed by atoms with Crippen molar-refractivity contribution in [2.45, 2.75) is 30.7 Å². The molecule has 2 atom stereocenters. The van der Waals surface area contributed by atoms with E-state index in [0.29, 0.717) is 11.7 Å². The van der Waals surface area contributed by atoms with Crippen molar-refractivity contribution in [1.29, 1.82) is 0 Å². The summed E-state index contributed by atoms with van der Waals surface area (Å²) in [5, 5.41) is 7.50. The van der Waals surface area contributed by atoms with Crippen molar-refractivity contribution in [2.24, 2.45) is 22.1 Å². The number of hydrogen-bond donors (Lipinski definition) is 1. The smallest absolute Gasteiger partial charge is 0.101 e. The van der Waals surface area contributed by atoms with Crippen molar-refractivity contribution in [3.63, 3.8) is 0 Å².